The molecule has 2 aromatic rings. The third kappa shape index (κ3) is 5.77. The summed E-state index contributed by atoms with van der Waals surface area (Å²) in [6, 6.07) is 4.44. The van der Waals surface area contributed by atoms with E-state index in [9.17, 15) is 9.59 Å². The molecule has 1 aromatic carbocycles. The van der Waals surface area contributed by atoms with Crippen LogP contribution < -0.4 is 16.0 Å². The van der Waals surface area contributed by atoms with Crippen LogP contribution in [0.15, 0.2) is 18.2 Å². The highest BCUT2D eigenvalue weighted by atomic mass is 35.5. The van der Waals surface area contributed by atoms with Gasteiger partial charge in [-0.25, -0.2) is 9.78 Å². The molecule has 3 rings (SSSR count). The van der Waals surface area contributed by atoms with Crippen molar-refractivity contribution in [1.82, 2.24) is 10.3 Å². The molecule has 8 heteroatoms. The molecule has 0 radical (unpaired) electrons. The molecule has 6 nitrogen and oxygen atoms in total. The van der Waals surface area contributed by atoms with Gasteiger partial charge in [-0.05, 0) is 63.6 Å². The highest BCUT2D eigenvalue weighted by molar-refractivity contribution is 7.15. The van der Waals surface area contributed by atoms with E-state index in [1.807, 2.05) is 20.8 Å². The molecule has 3 N–H and O–H groups in total. The van der Waals surface area contributed by atoms with Crippen LogP contribution in [0.3, 0.4) is 0 Å². The van der Waals surface area contributed by atoms with Crippen LogP contribution in [-0.2, 0) is 12.8 Å². The molecule has 3 amide bonds. The number of nitrogens with one attached hydrogen (secondary N) is 3. The van der Waals surface area contributed by atoms with Crippen LogP contribution in [0.4, 0.5) is 15.6 Å². The Labute approximate surface area is 193 Å². The molecule has 0 bridgehead atoms. The van der Waals surface area contributed by atoms with Crippen LogP contribution >= 0.6 is 22.9 Å². The number of halogens is 1. The molecule has 0 spiro atoms. The highest BCUT2D eigenvalue weighted by Crippen LogP contribution is 2.43. The molecule has 0 unspecified atom stereocenters. The summed E-state index contributed by atoms with van der Waals surface area (Å²) in [4.78, 5) is 30.9. The van der Waals surface area contributed by atoms with Crippen molar-refractivity contribution in [2.75, 3.05) is 10.6 Å². The molecule has 0 atom stereocenters. The number of rotatable bonds is 5. The second-order valence-corrected chi connectivity index (χ2v) is 10.7. The summed E-state index contributed by atoms with van der Waals surface area (Å²) < 4.78 is 0. The number of fused-ring (bicyclic) bond motifs is 1. The zero-order valence-corrected chi connectivity index (χ0v) is 20.4. The smallest absolute Gasteiger partial charge is 0.319 e. The van der Waals surface area contributed by atoms with E-state index in [0.29, 0.717) is 26.8 Å². The summed E-state index contributed by atoms with van der Waals surface area (Å²) in [6.07, 6.45) is 5.45. The topological polar surface area (TPSA) is 83.1 Å². The first-order valence-electron chi connectivity index (χ1n) is 10.7. The normalized spacial score (nSPS) is 15.2. The number of nitrogens with zero attached hydrogens (tertiary/aromatic N) is 1. The molecule has 31 heavy (non-hydrogen) atoms. The SMILES string of the molecule is CCC1(CC)CCc2nc(NC(=O)c3ccc(Cl)c(NC(=O)NC(C)(C)C)c3)sc2C1. The van der Waals surface area contributed by atoms with Gasteiger partial charge in [-0.3, -0.25) is 10.1 Å². The number of urea groups is 1. The minimum atomic E-state index is -0.386. The first kappa shape index (κ1) is 23.5. The van der Waals surface area contributed by atoms with Crippen molar-refractivity contribution in [1.29, 1.82) is 0 Å². The Balaban J connectivity index is 1.72. The Hall–Kier alpha value is -2.12. The fourth-order valence-electron chi connectivity index (χ4n) is 3.86. The van der Waals surface area contributed by atoms with Crippen molar-refractivity contribution in [2.45, 2.75) is 72.3 Å². The Morgan fingerprint density at radius 1 is 1.19 bits per heavy atom. The van der Waals surface area contributed by atoms with Crippen molar-refractivity contribution in [2.24, 2.45) is 5.41 Å². The maximum atomic E-state index is 12.8. The van der Waals surface area contributed by atoms with Crippen molar-refractivity contribution in [3.8, 4) is 0 Å². The zero-order chi connectivity index (χ0) is 22.8. The molecule has 1 aromatic heterocycles. The van der Waals surface area contributed by atoms with Gasteiger partial charge in [0.25, 0.3) is 5.91 Å². The first-order chi connectivity index (χ1) is 14.5. The van der Waals surface area contributed by atoms with E-state index in [1.165, 1.54) is 4.88 Å². The van der Waals surface area contributed by atoms with E-state index in [-0.39, 0.29) is 17.5 Å². The van der Waals surface area contributed by atoms with Gasteiger partial charge in [-0.2, -0.15) is 0 Å². The van der Waals surface area contributed by atoms with E-state index in [1.54, 1.807) is 29.5 Å². The molecular formula is C23H31ClN4O2S. The number of benzene rings is 1. The number of carbonyl (C=O) groups is 2. The Morgan fingerprint density at radius 3 is 2.55 bits per heavy atom. The number of amides is 3. The lowest BCUT2D eigenvalue weighted by atomic mass is 9.71. The highest BCUT2D eigenvalue weighted by Gasteiger charge is 2.33. The molecule has 1 aliphatic rings. The minimum Gasteiger partial charge on any atom is -0.333 e. The van der Waals surface area contributed by atoms with Crippen LogP contribution in [0.5, 0.6) is 0 Å². The van der Waals surface area contributed by atoms with Crippen LogP contribution in [-0.4, -0.2) is 22.5 Å². The average Bonchev–Trinajstić information content (AvgIpc) is 3.08. The Kier molecular flexibility index (Phi) is 6.96. The van der Waals surface area contributed by atoms with E-state index < -0.39 is 0 Å². The second-order valence-electron chi connectivity index (χ2n) is 9.25. The zero-order valence-electron chi connectivity index (χ0n) is 18.8. The van der Waals surface area contributed by atoms with Crippen LogP contribution in [0.1, 0.15) is 74.8 Å². The average molecular weight is 463 g/mol. The van der Waals surface area contributed by atoms with Crippen LogP contribution in [0.25, 0.3) is 0 Å². The summed E-state index contributed by atoms with van der Waals surface area (Å²) in [5, 5.41) is 9.42. The fourth-order valence-corrected chi connectivity index (χ4v) is 5.20. The third-order valence-corrected chi connectivity index (χ3v) is 7.23. The van der Waals surface area contributed by atoms with Crippen molar-refractivity contribution < 1.29 is 9.59 Å². The van der Waals surface area contributed by atoms with Crippen LogP contribution in [0, 0.1) is 5.41 Å². The lowest BCUT2D eigenvalue weighted by Crippen LogP contribution is -2.43. The van der Waals surface area contributed by atoms with Crippen LogP contribution in [0.2, 0.25) is 5.02 Å². The number of carbonyl (C=O) groups excluding carboxylic acids is 2. The van der Waals surface area contributed by atoms with Gasteiger partial charge in [0.15, 0.2) is 5.13 Å². The molecule has 168 valence electrons. The summed E-state index contributed by atoms with van der Waals surface area (Å²) >= 11 is 7.78. The Morgan fingerprint density at radius 2 is 1.90 bits per heavy atom. The monoisotopic (exact) mass is 462 g/mol. The van der Waals surface area contributed by atoms with Gasteiger partial charge in [0.1, 0.15) is 0 Å². The van der Waals surface area contributed by atoms with Gasteiger partial charge in [0.2, 0.25) is 0 Å². The number of aromatic nitrogens is 1. The van der Waals surface area contributed by atoms with Gasteiger partial charge in [-0.1, -0.05) is 38.3 Å². The summed E-state index contributed by atoms with van der Waals surface area (Å²) in [7, 11) is 0. The second kappa shape index (κ2) is 9.17. The van der Waals surface area contributed by atoms with Crippen molar-refractivity contribution >= 4 is 45.7 Å². The molecular weight excluding hydrogens is 432 g/mol. The quantitative estimate of drug-likeness (QED) is 0.490. The summed E-state index contributed by atoms with van der Waals surface area (Å²) in [5.41, 5.74) is 1.86. The van der Waals surface area contributed by atoms with Gasteiger partial charge in [0.05, 0.1) is 16.4 Å². The van der Waals surface area contributed by atoms with E-state index in [0.717, 1.165) is 37.8 Å². The molecule has 0 fully saturated rings. The van der Waals surface area contributed by atoms with Gasteiger partial charge < -0.3 is 10.6 Å². The van der Waals surface area contributed by atoms with Gasteiger partial charge in [0, 0.05) is 16.0 Å². The van der Waals surface area contributed by atoms with E-state index in [2.05, 4.69) is 34.8 Å². The Bertz CT molecular complexity index is 976. The number of hydrogen-bond donors (Lipinski definition) is 3. The molecule has 0 aliphatic heterocycles. The van der Waals surface area contributed by atoms with E-state index in [4.69, 9.17) is 11.6 Å². The summed E-state index contributed by atoms with van der Waals surface area (Å²) in [5.74, 6) is -0.278. The molecule has 1 heterocycles. The largest absolute Gasteiger partial charge is 0.333 e. The van der Waals surface area contributed by atoms with Gasteiger partial charge >= 0.3 is 6.03 Å². The van der Waals surface area contributed by atoms with Crippen molar-refractivity contribution in [3.05, 3.63) is 39.4 Å². The number of anilines is 2. The number of thiazole rings is 1. The molecule has 0 saturated heterocycles. The number of hydrogen-bond acceptors (Lipinski definition) is 4. The van der Waals surface area contributed by atoms with Gasteiger partial charge in [-0.15, -0.1) is 11.3 Å². The minimum absolute atomic E-state index is 0.278. The third-order valence-electron chi connectivity index (χ3n) is 5.89. The predicted molar refractivity (Wildman–Crippen MR) is 128 cm³/mol. The predicted octanol–water partition coefficient (Wildman–Crippen LogP) is 6.26. The number of aryl methyl sites for hydroxylation is 1. The summed E-state index contributed by atoms with van der Waals surface area (Å²) in [6.45, 7) is 10.2. The molecule has 1 aliphatic carbocycles. The lowest BCUT2D eigenvalue weighted by molar-refractivity contribution is 0.102. The standard InChI is InChI=1S/C23H31ClN4O2S/c1-6-23(7-2)11-10-16-18(13-23)31-21(26-16)27-19(29)14-8-9-15(24)17(12-14)25-20(30)28-22(3,4)5/h8-9,12H,6-7,10-11,13H2,1-5H3,(H2,25,28,30)(H,26,27,29). The lowest BCUT2D eigenvalue weighted by Gasteiger charge is -2.34. The maximum absolute atomic E-state index is 12.8. The van der Waals surface area contributed by atoms with E-state index >= 15 is 0 Å². The first-order valence-corrected chi connectivity index (χ1v) is 11.9. The maximum Gasteiger partial charge on any atom is 0.319 e. The van der Waals surface area contributed by atoms with Crippen molar-refractivity contribution in [3.63, 3.8) is 0 Å². The molecule has 0 saturated carbocycles. The fraction of sp³-hybridized carbons (Fsp3) is 0.522.